The van der Waals surface area contributed by atoms with Crippen molar-refractivity contribution in [2.75, 3.05) is 7.05 Å². The zero-order chi connectivity index (χ0) is 17.9. The maximum absolute atomic E-state index is 13.0. The van der Waals surface area contributed by atoms with Crippen LogP contribution in [0.4, 0.5) is 0 Å². The normalized spacial score (nSPS) is 24.5. The molecular weight excluding hydrogens is 276 g/mol. The van der Waals surface area contributed by atoms with Gasteiger partial charge in [0.25, 0.3) is 0 Å². The molecule has 1 rings (SSSR count). The van der Waals surface area contributed by atoms with Crippen molar-refractivity contribution in [2.45, 2.75) is 85.4 Å². The lowest BCUT2D eigenvalue weighted by atomic mass is 9.89. The van der Waals surface area contributed by atoms with E-state index in [9.17, 15) is 4.79 Å². The van der Waals surface area contributed by atoms with Crippen LogP contribution in [0.25, 0.3) is 0 Å². The first-order valence-electron chi connectivity index (χ1n) is 7.90. The van der Waals surface area contributed by atoms with Gasteiger partial charge in [-0.25, -0.2) is 0 Å². The van der Waals surface area contributed by atoms with E-state index < -0.39 is 5.54 Å². The molecule has 1 saturated heterocycles. The molecule has 22 heavy (non-hydrogen) atoms. The summed E-state index contributed by atoms with van der Waals surface area (Å²) in [5.41, 5.74) is -1.13. The fourth-order valence-electron chi connectivity index (χ4n) is 3.49. The number of carbonyl (C=O) groups excluding carboxylic acids is 1. The van der Waals surface area contributed by atoms with Gasteiger partial charge in [-0.1, -0.05) is 13.8 Å². The van der Waals surface area contributed by atoms with Crippen molar-refractivity contribution >= 4 is 11.7 Å². The van der Waals surface area contributed by atoms with Crippen LogP contribution in [0, 0.1) is 11.5 Å². The Morgan fingerprint density at radius 3 is 2.09 bits per heavy atom. The molecule has 0 spiro atoms. The Kier molecular flexibility index (Phi) is 6.20. The van der Waals surface area contributed by atoms with Crippen molar-refractivity contribution < 1.29 is 4.79 Å². The van der Waals surface area contributed by atoms with Gasteiger partial charge < -0.3 is 9.80 Å². The number of amides is 1. The zero-order valence-electron chi connectivity index (χ0n) is 15.9. The van der Waals surface area contributed by atoms with Crippen molar-refractivity contribution in [2.24, 2.45) is 4.99 Å². The summed E-state index contributed by atoms with van der Waals surface area (Å²) in [6.45, 7) is 18.0. The summed E-state index contributed by atoms with van der Waals surface area (Å²) < 4.78 is 0. The molecule has 0 radical (unpaired) electrons. The molecule has 5 heteroatoms. The molecule has 1 amide bonds. The van der Waals surface area contributed by atoms with Crippen molar-refractivity contribution in [1.82, 2.24) is 9.80 Å². The number of rotatable bonds is 1. The molecule has 0 aromatic carbocycles. The lowest BCUT2D eigenvalue weighted by Crippen LogP contribution is -2.56. The van der Waals surface area contributed by atoms with Crippen LogP contribution in [-0.2, 0) is 4.79 Å². The van der Waals surface area contributed by atoms with Gasteiger partial charge in [-0.3, -0.25) is 4.79 Å². The maximum atomic E-state index is 13.0. The average Bonchev–Trinajstić information content (AvgIpc) is 2.57. The third-order valence-electron chi connectivity index (χ3n) is 4.15. The van der Waals surface area contributed by atoms with Gasteiger partial charge in [0.05, 0.1) is 0 Å². The predicted octanol–water partition coefficient (Wildman–Crippen LogP) is 3.41. The van der Waals surface area contributed by atoms with Gasteiger partial charge in [0, 0.05) is 24.5 Å². The molecule has 0 N–H and O–H groups in total. The van der Waals surface area contributed by atoms with Gasteiger partial charge in [0.1, 0.15) is 11.4 Å². The molecule has 1 aliphatic rings. The quantitative estimate of drug-likeness (QED) is 0.424. The second kappa shape index (κ2) is 6.68. The highest BCUT2D eigenvalue weighted by Crippen LogP contribution is 2.43. The van der Waals surface area contributed by atoms with Crippen LogP contribution in [0.5, 0.6) is 0 Å². The molecule has 1 aliphatic heterocycles. The molecule has 0 aromatic rings. The summed E-state index contributed by atoms with van der Waals surface area (Å²) in [4.78, 5) is 20.5. The van der Waals surface area contributed by atoms with E-state index >= 15 is 0 Å². The smallest absolute Gasteiger partial charge is 0.249 e. The average molecular weight is 308 g/mol. The minimum absolute atomic E-state index is 0.0880. The molecular formula is C17H32N4O. The van der Waals surface area contributed by atoms with Crippen LogP contribution in [0.3, 0.4) is 0 Å². The molecule has 0 aromatic heterocycles. The lowest BCUT2D eigenvalue weighted by molar-refractivity contribution is -0.142. The van der Waals surface area contributed by atoms with Crippen molar-refractivity contribution in [1.29, 1.82) is 5.26 Å². The van der Waals surface area contributed by atoms with Crippen molar-refractivity contribution in [3.8, 4) is 6.19 Å². The van der Waals surface area contributed by atoms with E-state index in [-0.39, 0.29) is 17.0 Å². The second-order valence-corrected chi connectivity index (χ2v) is 7.39. The fourth-order valence-corrected chi connectivity index (χ4v) is 3.49. The minimum atomic E-state index is -0.665. The van der Waals surface area contributed by atoms with Crippen LogP contribution >= 0.6 is 0 Å². The molecule has 5 nitrogen and oxygen atoms in total. The number of hydrogen-bond donors (Lipinski definition) is 0. The van der Waals surface area contributed by atoms with E-state index in [4.69, 9.17) is 5.26 Å². The molecule has 1 unspecified atom stereocenters. The Bertz CT molecular complexity index is 482. The molecule has 0 bridgehead atoms. The SMILES string of the molecule is CC.CC(=NC#N)N(C)C1(C)CC(C)(C)N(C(C)(C)C)C1=O. The first-order valence-corrected chi connectivity index (χ1v) is 7.90. The Morgan fingerprint density at radius 1 is 1.32 bits per heavy atom. The summed E-state index contributed by atoms with van der Waals surface area (Å²) in [7, 11) is 1.83. The molecule has 0 saturated carbocycles. The van der Waals surface area contributed by atoms with Gasteiger partial charge in [0.2, 0.25) is 12.1 Å². The highest BCUT2D eigenvalue weighted by Gasteiger charge is 2.57. The number of likely N-dealkylation sites (N-methyl/N-ethyl adjacent to an activating group) is 1. The fraction of sp³-hybridized carbons (Fsp3) is 0.824. The third kappa shape index (κ3) is 3.60. The third-order valence-corrected chi connectivity index (χ3v) is 4.15. The summed E-state index contributed by atoms with van der Waals surface area (Å²) in [6.07, 6.45) is 2.49. The maximum Gasteiger partial charge on any atom is 0.249 e. The number of nitrogens with zero attached hydrogens (tertiary/aromatic N) is 4. The largest absolute Gasteiger partial charge is 0.348 e. The Labute approximate surface area is 136 Å². The predicted molar refractivity (Wildman–Crippen MR) is 91.5 cm³/mol. The van der Waals surface area contributed by atoms with E-state index in [2.05, 4.69) is 39.6 Å². The molecule has 1 heterocycles. The van der Waals surface area contributed by atoms with Crippen LogP contribution in [-0.4, -0.2) is 45.2 Å². The topological polar surface area (TPSA) is 59.7 Å². The summed E-state index contributed by atoms with van der Waals surface area (Å²) in [6, 6.07) is 0. The first kappa shape index (κ1) is 20.4. The van der Waals surface area contributed by atoms with Crippen LogP contribution in [0.2, 0.25) is 0 Å². The van der Waals surface area contributed by atoms with Gasteiger partial charge >= 0.3 is 0 Å². The van der Waals surface area contributed by atoms with E-state index in [1.807, 2.05) is 37.6 Å². The van der Waals surface area contributed by atoms with Gasteiger partial charge in [0.15, 0.2) is 0 Å². The highest BCUT2D eigenvalue weighted by molar-refractivity contribution is 5.95. The van der Waals surface area contributed by atoms with Crippen LogP contribution in [0.15, 0.2) is 4.99 Å². The number of amidine groups is 1. The lowest BCUT2D eigenvalue weighted by Gasteiger charge is -2.42. The Morgan fingerprint density at radius 2 is 1.77 bits per heavy atom. The summed E-state index contributed by atoms with van der Waals surface area (Å²) in [5, 5.41) is 8.70. The van der Waals surface area contributed by atoms with Crippen molar-refractivity contribution in [3.05, 3.63) is 0 Å². The number of carbonyl (C=O) groups is 1. The zero-order valence-corrected chi connectivity index (χ0v) is 15.9. The number of nitriles is 1. The number of hydrogen-bond acceptors (Lipinski definition) is 3. The van der Waals surface area contributed by atoms with E-state index in [1.54, 1.807) is 13.1 Å². The van der Waals surface area contributed by atoms with E-state index in [1.165, 1.54) is 0 Å². The molecule has 1 atom stereocenters. The summed E-state index contributed by atoms with van der Waals surface area (Å²) in [5.74, 6) is 0.653. The number of aliphatic imine (C=N–C) groups is 1. The van der Waals surface area contributed by atoms with Crippen LogP contribution in [0.1, 0.15) is 68.7 Å². The Balaban J connectivity index is 0.00000211. The highest BCUT2D eigenvalue weighted by atomic mass is 16.2. The standard InChI is InChI=1S/C15H26N4O.C2H6/c1-11(17-10-16)18(8)15(7)9-14(5,6)19(12(15)20)13(2,3)4;1-2/h9H2,1-8H3;1-2H3. The van der Waals surface area contributed by atoms with Gasteiger partial charge in [-0.15, -0.1) is 0 Å². The van der Waals surface area contributed by atoms with Gasteiger partial charge in [-0.2, -0.15) is 10.3 Å². The Hall–Kier alpha value is -1.57. The van der Waals surface area contributed by atoms with E-state index in [0.29, 0.717) is 12.3 Å². The molecule has 1 fully saturated rings. The van der Waals surface area contributed by atoms with Gasteiger partial charge in [-0.05, 0) is 48.5 Å². The summed E-state index contributed by atoms with van der Waals surface area (Å²) >= 11 is 0. The molecule has 0 aliphatic carbocycles. The van der Waals surface area contributed by atoms with E-state index in [0.717, 1.165) is 0 Å². The van der Waals surface area contributed by atoms with Crippen molar-refractivity contribution in [3.63, 3.8) is 0 Å². The van der Waals surface area contributed by atoms with Crippen LogP contribution < -0.4 is 0 Å². The second-order valence-electron chi connectivity index (χ2n) is 7.39. The monoisotopic (exact) mass is 308 g/mol. The molecule has 126 valence electrons. The minimum Gasteiger partial charge on any atom is -0.348 e. The first-order chi connectivity index (χ1) is 9.88. The number of likely N-dealkylation sites (tertiary alicyclic amines) is 1.